The van der Waals surface area contributed by atoms with Crippen molar-refractivity contribution in [3.63, 3.8) is 0 Å². The monoisotopic (exact) mass is 668 g/mol. The van der Waals surface area contributed by atoms with Crippen LogP contribution >= 0.6 is 17.0 Å². The number of fused-ring (bicyclic) bond motifs is 2. The third-order valence-electron chi connectivity index (χ3n) is 7.77. The zero-order valence-electron chi connectivity index (χ0n) is 25.7. The van der Waals surface area contributed by atoms with Crippen molar-refractivity contribution >= 4 is 38.6 Å². The molecule has 0 amide bonds. The fourth-order valence-electron chi connectivity index (χ4n) is 5.27. The summed E-state index contributed by atoms with van der Waals surface area (Å²) in [6.45, 7) is 15.9. The molecule has 0 nitrogen and oxygen atoms in total. The molecule has 3 heteroatoms. The van der Waals surface area contributed by atoms with E-state index in [0.717, 1.165) is 0 Å². The summed E-state index contributed by atoms with van der Waals surface area (Å²) >= 11 is -0.826. The van der Waals surface area contributed by atoms with Crippen LogP contribution in [-0.2, 0) is 31.7 Å². The molecule has 0 aliphatic carbocycles. The molecule has 0 heterocycles. The van der Waals surface area contributed by atoms with E-state index in [1.54, 1.807) is 0 Å². The molecule has 214 valence electrons. The van der Waals surface area contributed by atoms with Gasteiger partial charge in [-0.15, -0.1) is 68.6 Å². The van der Waals surface area contributed by atoms with Crippen LogP contribution in [-0.4, -0.2) is 0 Å². The second-order valence-corrected chi connectivity index (χ2v) is 16.6. The van der Waals surface area contributed by atoms with E-state index in [4.69, 9.17) is 17.0 Å². The van der Waals surface area contributed by atoms with Crippen molar-refractivity contribution in [3.8, 4) is 22.3 Å². The molecule has 0 fully saturated rings. The predicted molar refractivity (Wildman–Crippen MR) is 184 cm³/mol. The predicted octanol–water partition coefficient (Wildman–Crippen LogP) is 12.7. The van der Waals surface area contributed by atoms with Crippen LogP contribution in [0.4, 0.5) is 0 Å². The molecule has 6 rings (SSSR count). The number of hydrogen-bond acceptors (Lipinski definition) is 0. The molecule has 0 N–H and O–H groups in total. The third kappa shape index (κ3) is 7.93. The van der Waals surface area contributed by atoms with Gasteiger partial charge in [-0.3, -0.25) is 0 Å². The minimum atomic E-state index is -0.826. The van der Waals surface area contributed by atoms with Crippen LogP contribution in [0.2, 0.25) is 0 Å². The zero-order chi connectivity index (χ0) is 30.5. The standard InChI is InChI=1S/C23H27.C16H13.2ClH.Zr/c1-22(2,3)20-13-19(14-21(15-20)23(4,5)6)18-11-16-9-7-8-10-17(16)12-18;1-12-15-10-6-5-9-14(15)11-16(12)13-7-3-2-4-8-13;;;/h7-15H,1-6H3;2-11H,1H3;2*1H;/q2*-1;;;+4/p-2. The Bertz CT molecular complexity index is 1680. The van der Waals surface area contributed by atoms with Gasteiger partial charge in [-0.25, -0.2) is 0 Å². The maximum absolute atomic E-state index is 4.93. The summed E-state index contributed by atoms with van der Waals surface area (Å²) in [4.78, 5) is 0. The summed E-state index contributed by atoms with van der Waals surface area (Å²) in [6.07, 6.45) is 0. The quantitative estimate of drug-likeness (QED) is 0.161. The SMILES string of the molecule is CC(C)(C)c1cc(-c2cc3ccccc3[cH-]2)cc(C(C)(C)C)c1.C[c-]1c(-c2ccccc2)cc2ccccc21.[Cl][Zr+2][Cl]. The Hall–Kier alpha value is -2.44. The van der Waals surface area contributed by atoms with Crippen LogP contribution < -0.4 is 0 Å². The number of aryl methyl sites for hydroxylation is 1. The van der Waals surface area contributed by atoms with Crippen molar-refractivity contribution in [1.29, 1.82) is 0 Å². The van der Waals surface area contributed by atoms with Gasteiger partial charge in [0.25, 0.3) is 0 Å². The van der Waals surface area contributed by atoms with Gasteiger partial charge in [-0.05, 0) is 22.0 Å². The van der Waals surface area contributed by atoms with Crippen molar-refractivity contribution in [2.45, 2.75) is 59.3 Å². The van der Waals surface area contributed by atoms with E-state index in [0.29, 0.717) is 0 Å². The average molecular weight is 671 g/mol. The van der Waals surface area contributed by atoms with Gasteiger partial charge < -0.3 is 0 Å². The van der Waals surface area contributed by atoms with E-state index in [1.165, 1.54) is 60.5 Å². The van der Waals surface area contributed by atoms with Gasteiger partial charge in [0, 0.05) is 0 Å². The van der Waals surface area contributed by atoms with Crippen LogP contribution in [0.1, 0.15) is 58.2 Å². The fraction of sp³-hybridized carbons (Fsp3) is 0.231. The summed E-state index contributed by atoms with van der Waals surface area (Å²) in [5, 5.41) is 5.34. The molecule has 0 radical (unpaired) electrons. The minimum absolute atomic E-state index is 0.155. The molecule has 0 saturated heterocycles. The van der Waals surface area contributed by atoms with Crippen LogP contribution in [0.3, 0.4) is 0 Å². The van der Waals surface area contributed by atoms with Gasteiger partial charge >= 0.3 is 37.9 Å². The Labute approximate surface area is 271 Å². The topological polar surface area (TPSA) is 0 Å². The second-order valence-electron chi connectivity index (χ2n) is 12.9. The summed E-state index contributed by atoms with van der Waals surface area (Å²) in [7, 11) is 9.87. The van der Waals surface area contributed by atoms with Crippen molar-refractivity contribution in [1.82, 2.24) is 0 Å². The van der Waals surface area contributed by atoms with Crippen LogP contribution in [0.5, 0.6) is 0 Å². The van der Waals surface area contributed by atoms with E-state index in [1.807, 2.05) is 0 Å². The fourth-order valence-corrected chi connectivity index (χ4v) is 5.27. The van der Waals surface area contributed by atoms with Crippen LogP contribution in [0.15, 0.2) is 115 Å². The molecule has 0 bridgehead atoms. The van der Waals surface area contributed by atoms with Crippen molar-refractivity contribution in [3.05, 3.63) is 132 Å². The molecule has 6 aromatic carbocycles. The molecule has 0 atom stereocenters. The molecule has 0 aliphatic heterocycles. The first kappa shape index (κ1) is 32.5. The zero-order valence-corrected chi connectivity index (χ0v) is 29.7. The van der Waals surface area contributed by atoms with Crippen molar-refractivity contribution in [2.24, 2.45) is 0 Å². The Morgan fingerprint density at radius 2 is 1.12 bits per heavy atom. The van der Waals surface area contributed by atoms with E-state index in [2.05, 4.69) is 164 Å². The first-order chi connectivity index (χ1) is 19.9. The van der Waals surface area contributed by atoms with Gasteiger partial charge in [-0.2, -0.15) is 0 Å². The molecular formula is C39H40Cl2Zr. The third-order valence-corrected chi connectivity index (χ3v) is 7.77. The van der Waals surface area contributed by atoms with Crippen molar-refractivity contribution < 1.29 is 20.8 Å². The Kier molecular flexibility index (Phi) is 10.7. The van der Waals surface area contributed by atoms with Gasteiger partial charge in [0.05, 0.1) is 0 Å². The van der Waals surface area contributed by atoms with Gasteiger partial charge in [0.15, 0.2) is 0 Å². The molecule has 42 heavy (non-hydrogen) atoms. The molecule has 0 unspecified atom stereocenters. The van der Waals surface area contributed by atoms with E-state index >= 15 is 0 Å². The van der Waals surface area contributed by atoms with Crippen molar-refractivity contribution in [2.75, 3.05) is 0 Å². The maximum atomic E-state index is 4.93. The second kappa shape index (κ2) is 13.9. The van der Waals surface area contributed by atoms with E-state index in [9.17, 15) is 0 Å². The van der Waals surface area contributed by atoms with Gasteiger partial charge in [0.1, 0.15) is 0 Å². The van der Waals surface area contributed by atoms with Crippen LogP contribution in [0.25, 0.3) is 43.8 Å². The first-order valence-electron chi connectivity index (χ1n) is 14.4. The summed E-state index contributed by atoms with van der Waals surface area (Å²) in [5.41, 5.74) is 9.81. The number of rotatable bonds is 2. The van der Waals surface area contributed by atoms with Gasteiger partial charge in [-0.1, -0.05) is 145 Å². The Morgan fingerprint density at radius 1 is 0.595 bits per heavy atom. The van der Waals surface area contributed by atoms with E-state index < -0.39 is 20.8 Å². The number of benzene rings is 4. The molecule has 0 aliphatic rings. The summed E-state index contributed by atoms with van der Waals surface area (Å²) < 4.78 is 0. The molecular weight excluding hydrogens is 631 g/mol. The molecule has 0 saturated carbocycles. The number of hydrogen-bond donors (Lipinski definition) is 0. The Morgan fingerprint density at radius 3 is 1.67 bits per heavy atom. The van der Waals surface area contributed by atoms with E-state index in [-0.39, 0.29) is 10.8 Å². The normalized spacial score (nSPS) is 11.4. The summed E-state index contributed by atoms with van der Waals surface area (Å²) in [5.74, 6) is 0. The molecule has 6 aromatic rings. The molecule has 0 spiro atoms. The van der Waals surface area contributed by atoms with Crippen LogP contribution in [0, 0.1) is 6.92 Å². The first-order valence-corrected chi connectivity index (χ1v) is 20.7. The van der Waals surface area contributed by atoms with Gasteiger partial charge in [0.2, 0.25) is 0 Å². The average Bonchev–Trinajstić information content (AvgIpc) is 3.55. The molecule has 0 aromatic heterocycles. The summed E-state index contributed by atoms with van der Waals surface area (Å²) in [6, 6.07) is 41.7. The Balaban J connectivity index is 0.000000185. The number of halogens is 2.